The van der Waals surface area contributed by atoms with E-state index in [9.17, 15) is 0 Å². The van der Waals surface area contributed by atoms with E-state index in [1.54, 1.807) is 0 Å². The number of nitrogens with one attached hydrogen (secondary N) is 1. The second-order valence-corrected chi connectivity index (χ2v) is 5.42. The molecule has 0 spiro atoms. The monoisotopic (exact) mass is 260 g/mol. The number of hydrogen-bond donors (Lipinski definition) is 1. The van der Waals surface area contributed by atoms with E-state index in [4.69, 9.17) is 5.26 Å². The molecule has 1 unspecified atom stereocenters. The van der Waals surface area contributed by atoms with Gasteiger partial charge in [-0.05, 0) is 44.5 Å². The van der Waals surface area contributed by atoms with Crippen LogP contribution in [-0.2, 0) is 13.6 Å². The molecule has 104 valence electrons. The van der Waals surface area contributed by atoms with Crippen LogP contribution in [0, 0.1) is 18.3 Å². The Balaban J connectivity index is 1.94. The molecule has 1 aliphatic heterocycles. The Morgan fingerprint density at radius 3 is 2.95 bits per heavy atom. The molecule has 1 fully saturated rings. The summed E-state index contributed by atoms with van der Waals surface area (Å²) in [5.41, 5.74) is 3.17. The molecule has 1 N–H and O–H groups in total. The number of likely N-dealkylation sites (N-methyl/N-ethyl adjacent to an activating group) is 1. The minimum absolute atomic E-state index is 0.582. The highest BCUT2D eigenvalue weighted by atomic mass is 15.2. The first-order chi connectivity index (χ1) is 9.15. The molecule has 0 aromatic carbocycles. The SMILES string of the molecule is CCN1CCCC(NCc2cc(C#N)n(C)c2C)C1. The van der Waals surface area contributed by atoms with Crippen LogP contribution in [0.3, 0.4) is 0 Å². The quantitative estimate of drug-likeness (QED) is 0.897. The van der Waals surface area contributed by atoms with Gasteiger partial charge >= 0.3 is 0 Å². The lowest BCUT2D eigenvalue weighted by Gasteiger charge is -2.32. The fourth-order valence-electron chi connectivity index (χ4n) is 2.81. The Morgan fingerprint density at radius 2 is 2.32 bits per heavy atom. The molecule has 0 radical (unpaired) electrons. The van der Waals surface area contributed by atoms with Gasteiger partial charge in [0.05, 0.1) is 0 Å². The average molecular weight is 260 g/mol. The third-order valence-electron chi connectivity index (χ3n) is 4.29. The summed E-state index contributed by atoms with van der Waals surface area (Å²) in [6.45, 7) is 8.69. The molecule has 0 bridgehead atoms. The van der Waals surface area contributed by atoms with Gasteiger partial charge in [0.1, 0.15) is 11.8 Å². The molecule has 0 aliphatic carbocycles. The van der Waals surface area contributed by atoms with Crippen LogP contribution in [0.25, 0.3) is 0 Å². The van der Waals surface area contributed by atoms with Gasteiger partial charge in [0.25, 0.3) is 0 Å². The van der Waals surface area contributed by atoms with Crippen molar-refractivity contribution in [2.24, 2.45) is 7.05 Å². The van der Waals surface area contributed by atoms with Crippen molar-refractivity contribution in [2.45, 2.75) is 39.3 Å². The zero-order valence-corrected chi connectivity index (χ0v) is 12.2. The smallest absolute Gasteiger partial charge is 0.120 e. The first-order valence-electron chi connectivity index (χ1n) is 7.16. The van der Waals surface area contributed by atoms with Crippen LogP contribution in [-0.4, -0.2) is 35.1 Å². The molecule has 0 saturated carbocycles. The number of rotatable bonds is 4. The highest BCUT2D eigenvalue weighted by molar-refractivity contribution is 5.34. The van der Waals surface area contributed by atoms with Gasteiger partial charge in [-0.25, -0.2) is 0 Å². The maximum absolute atomic E-state index is 9.04. The molecule has 4 heteroatoms. The number of nitrogens with zero attached hydrogens (tertiary/aromatic N) is 3. The van der Waals surface area contributed by atoms with Crippen LogP contribution in [0.15, 0.2) is 6.07 Å². The number of aromatic nitrogens is 1. The van der Waals surface area contributed by atoms with Gasteiger partial charge in [-0.2, -0.15) is 5.26 Å². The highest BCUT2D eigenvalue weighted by Gasteiger charge is 2.18. The molecule has 1 aromatic heterocycles. The van der Waals surface area contributed by atoms with Crippen LogP contribution < -0.4 is 5.32 Å². The molecule has 0 amide bonds. The largest absolute Gasteiger partial charge is 0.340 e. The van der Waals surface area contributed by atoms with Gasteiger partial charge in [-0.1, -0.05) is 6.92 Å². The van der Waals surface area contributed by atoms with Crippen molar-refractivity contribution >= 4 is 0 Å². The molecule has 1 aromatic rings. The van der Waals surface area contributed by atoms with Crippen molar-refractivity contribution in [1.29, 1.82) is 5.26 Å². The molecular formula is C15H24N4. The summed E-state index contributed by atoms with van der Waals surface area (Å²) in [6.07, 6.45) is 2.54. The van der Waals surface area contributed by atoms with E-state index in [2.05, 4.69) is 30.1 Å². The van der Waals surface area contributed by atoms with E-state index in [-0.39, 0.29) is 0 Å². The summed E-state index contributed by atoms with van der Waals surface area (Å²) in [5, 5.41) is 12.7. The Kier molecular flexibility index (Phi) is 4.62. The molecule has 4 nitrogen and oxygen atoms in total. The number of likely N-dealkylation sites (tertiary alicyclic amines) is 1. The second kappa shape index (κ2) is 6.23. The van der Waals surface area contributed by atoms with Gasteiger partial charge in [0.2, 0.25) is 0 Å². The predicted octanol–water partition coefficient (Wildman–Crippen LogP) is 1.78. The standard InChI is InChI=1S/C15H24N4/c1-4-19-7-5-6-14(11-19)17-10-13-8-15(9-16)18(3)12(13)2/h8,14,17H,4-7,10-11H2,1-3H3. The van der Waals surface area contributed by atoms with Gasteiger partial charge in [-0.15, -0.1) is 0 Å². The maximum Gasteiger partial charge on any atom is 0.120 e. The van der Waals surface area contributed by atoms with E-state index < -0.39 is 0 Å². The van der Waals surface area contributed by atoms with E-state index in [1.165, 1.54) is 30.6 Å². The summed E-state index contributed by atoms with van der Waals surface area (Å²) in [4.78, 5) is 2.50. The van der Waals surface area contributed by atoms with Crippen molar-refractivity contribution in [3.05, 3.63) is 23.0 Å². The minimum atomic E-state index is 0.582. The van der Waals surface area contributed by atoms with E-state index in [0.717, 1.165) is 25.3 Å². The van der Waals surface area contributed by atoms with Gasteiger partial charge in [0.15, 0.2) is 0 Å². The number of piperidine rings is 1. The summed E-state index contributed by atoms with van der Waals surface area (Å²) < 4.78 is 1.97. The third kappa shape index (κ3) is 3.17. The Morgan fingerprint density at radius 1 is 1.53 bits per heavy atom. The maximum atomic E-state index is 9.04. The number of nitriles is 1. The summed E-state index contributed by atoms with van der Waals surface area (Å²) in [7, 11) is 1.96. The van der Waals surface area contributed by atoms with E-state index >= 15 is 0 Å². The summed E-state index contributed by atoms with van der Waals surface area (Å²) in [5.74, 6) is 0. The molecule has 1 atom stereocenters. The first-order valence-corrected chi connectivity index (χ1v) is 7.16. The van der Waals surface area contributed by atoms with Crippen molar-refractivity contribution in [1.82, 2.24) is 14.8 Å². The Hall–Kier alpha value is -1.31. The lowest BCUT2D eigenvalue weighted by atomic mass is 10.1. The van der Waals surface area contributed by atoms with Crippen LogP contribution >= 0.6 is 0 Å². The predicted molar refractivity (Wildman–Crippen MR) is 76.8 cm³/mol. The topological polar surface area (TPSA) is 44.0 Å². The first kappa shape index (κ1) is 14.1. The van der Waals surface area contributed by atoms with Gasteiger partial charge < -0.3 is 14.8 Å². The van der Waals surface area contributed by atoms with E-state index in [0.29, 0.717) is 6.04 Å². The van der Waals surface area contributed by atoms with Crippen molar-refractivity contribution < 1.29 is 0 Å². The summed E-state index contributed by atoms with van der Waals surface area (Å²) in [6, 6.07) is 4.82. The van der Waals surface area contributed by atoms with E-state index in [1.807, 2.05) is 17.7 Å². The summed E-state index contributed by atoms with van der Waals surface area (Å²) >= 11 is 0. The molecule has 2 heterocycles. The van der Waals surface area contributed by atoms with Crippen molar-refractivity contribution in [3.63, 3.8) is 0 Å². The Labute approximate surface area is 116 Å². The zero-order chi connectivity index (χ0) is 13.8. The highest BCUT2D eigenvalue weighted by Crippen LogP contribution is 2.15. The Bertz CT molecular complexity index is 469. The van der Waals surface area contributed by atoms with Crippen LogP contribution in [0.5, 0.6) is 0 Å². The third-order valence-corrected chi connectivity index (χ3v) is 4.29. The van der Waals surface area contributed by atoms with Gasteiger partial charge in [0, 0.05) is 31.9 Å². The zero-order valence-electron chi connectivity index (χ0n) is 12.2. The van der Waals surface area contributed by atoms with Crippen molar-refractivity contribution in [2.75, 3.05) is 19.6 Å². The fourth-order valence-corrected chi connectivity index (χ4v) is 2.81. The normalized spacial score (nSPS) is 20.4. The lowest BCUT2D eigenvalue weighted by molar-refractivity contribution is 0.198. The lowest BCUT2D eigenvalue weighted by Crippen LogP contribution is -2.45. The minimum Gasteiger partial charge on any atom is -0.340 e. The molecule has 19 heavy (non-hydrogen) atoms. The second-order valence-electron chi connectivity index (χ2n) is 5.42. The molecule has 1 saturated heterocycles. The molecule has 2 rings (SSSR count). The molecule has 1 aliphatic rings. The van der Waals surface area contributed by atoms with Gasteiger partial charge in [-0.3, -0.25) is 0 Å². The molecular weight excluding hydrogens is 236 g/mol. The van der Waals surface area contributed by atoms with Crippen molar-refractivity contribution in [3.8, 4) is 6.07 Å². The van der Waals surface area contributed by atoms with Crippen LogP contribution in [0.2, 0.25) is 0 Å². The number of hydrogen-bond acceptors (Lipinski definition) is 3. The fraction of sp³-hybridized carbons (Fsp3) is 0.667. The van der Waals surface area contributed by atoms with Crippen LogP contribution in [0.4, 0.5) is 0 Å². The average Bonchev–Trinajstić information content (AvgIpc) is 2.73. The van der Waals surface area contributed by atoms with Crippen LogP contribution in [0.1, 0.15) is 36.7 Å².